The minimum absolute atomic E-state index is 0. The summed E-state index contributed by atoms with van der Waals surface area (Å²) in [4.78, 5) is 1.27. The molecule has 4 nitrogen and oxygen atoms in total. The third-order valence-electron chi connectivity index (χ3n) is 1.98. The van der Waals surface area contributed by atoms with E-state index in [1.807, 2.05) is 12.1 Å². The van der Waals surface area contributed by atoms with Crippen molar-refractivity contribution in [1.29, 1.82) is 0 Å². The van der Waals surface area contributed by atoms with E-state index in [-0.39, 0.29) is 37.6 Å². The quantitative estimate of drug-likeness (QED) is 0.305. The van der Waals surface area contributed by atoms with E-state index in [1.165, 1.54) is 10.6 Å². The molecular formula is C9H11NNaO3S3-. The second kappa shape index (κ2) is 8.06. The van der Waals surface area contributed by atoms with Gasteiger partial charge in [-0.05, 0) is 24.1 Å². The van der Waals surface area contributed by atoms with Gasteiger partial charge in [-0.1, -0.05) is 12.1 Å². The molecule has 0 saturated heterocycles. The van der Waals surface area contributed by atoms with Gasteiger partial charge in [0.15, 0.2) is 0 Å². The van der Waals surface area contributed by atoms with Crippen molar-refractivity contribution in [3.05, 3.63) is 24.3 Å². The van der Waals surface area contributed by atoms with Gasteiger partial charge in [0.2, 0.25) is 0 Å². The van der Waals surface area contributed by atoms with Crippen LogP contribution in [0.5, 0.6) is 0 Å². The summed E-state index contributed by atoms with van der Waals surface area (Å²) in [6, 6.07) is 8.17. The van der Waals surface area contributed by atoms with Crippen LogP contribution in [0.3, 0.4) is 0 Å². The standard InChI is InChI=1S/C9H11NO3S3.Na.H/c11-16(12)13-5-6-15-10-7-14-9-4-2-1-3-8(9)10;;/h1-4H,5-7H2,(H,11,12);;/q;+1;-1/p-1. The Bertz CT molecular complexity index is 399. The molecule has 0 fully saturated rings. The van der Waals surface area contributed by atoms with Crippen LogP contribution < -0.4 is 33.9 Å². The van der Waals surface area contributed by atoms with Crippen LogP contribution in [0.15, 0.2) is 29.2 Å². The van der Waals surface area contributed by atoms with Crippen molar-refractivity contribution in [3.63, 3.8) is 0 Å². The molecule has 17 heavy (non-hydrogen) atoms. The van der Waals surface area contributed by atoms with Gasteiger partial charge < -0.3 is 10.3 Å². The van der Waals surface area contributed by atoms with Crippen LogP contribution in [0.4, 0.5) is 5.69 Å². The number of hydrogen-bond donors (Lipinski definition) is 0. The molecule has 0 amide bonds. The first-order chi connectivity index (χ1) is 7.77. The number of anilines is 1. The van der Waals surface area contributed by atoms with E-state index in [0.29, 0.717) is 5.75 Å². The molecule has 0 N–H and O–H groups in total. The summed E-state index contributed by atoms with van der Waals surface area (Å²) in [5.74, 6) is 1.52. The Labute approximate surface area is 135 Å². The zero-order chi connectivity index (χ0) is 11.4. The molecule has 1 heterocycles. The molecule has 1 aliphatic heterocycles. The molecule has 1 atom stereocenters. The van der Waals surface area contributed by atoms with Crippen molar-refractivity contribution in [3.8, 4) is 0 Å². The maximum Gasteiger partial charge on any atom is 1.00 e. The van der Waals surface area contributed by atoms with Crippen LogP contribution in [0, 0.1) is 0 Å². The van der Waals surface area contributed by atoms with Gasteiger partial charge in [-0.15, -0.1) is 11.8 Å². The molecular weight excluding hydrogens is 289 g/mol. The van der Waals surface area contributed by atoms with Gasteiger partial charge in [0, 0.05) is 10.6 Å². The van der Waals surface area contributed by atoms with Crippen LogP contribution in [0.2, 0.25) is 0 Å². The Morgan fingerprint density at radius 1 is 1.59 bits per heavy atom. The number of para-hydroxylation sites is 1. The van der Waals surface area contributed by atoms with Crippen LogP contribution in [-0.4, -0.2) is 27.0 Å². The largest absolute Gasteiger partial charge is 1.00 e. The Hall–Kier alpha value is 0.790. The van der Waals surface area contributed by atoms with Crippen LogP contribution in [0.25, 0.3) is 0 Å². The van der Waals surface area contributed by atoms with E-state index >= 15 is 0 Å². The molecule has 1 aliphatic rings. The van der Waals surface area contributed by atoms with Crippen molar-refractivity contribution in [1.82, 2.24) is 0 Å². The van der Waals surface area contributed by atoms with Crippen molar-refractivity contribution in [2.24, 2.45) is 0 Å². The summed E-state index contributed by atoms with van der Waals surface area (Å²) in [7, 11) is 0. The summed E-state index contributed by atoms with van der Waals surface area (Å²) in [5.41, 5.74) is 1.20. The molecule has 1 aromatic carbocycles. The van der Waals surface area contributed by atoms with E-state index in [0.717, 1.165) is 5.88 Å². The molecule has 90 valence electrons. The van der Waals surface area contributed by atoms with E-state index in [9.17, 15) is 8.76 Å². The fourth-order valence-corrected chi connectivity index (χ4v) is 3.75. The average Bonchev–Trinajstić information content (AvgIpc) is 2.68. The molecule has 0 aromatic heterocycles. The van der Waals surface area contributed by atoms with Gasteiger partial charge >= 0.3 is 29.6 Å². The summed E-state index contributed by atoms with van der Waals surface area (Å²) < 4.78 is 26.9. The number of benzene rings is 1. The van der Waals surface area contributed by atoms with E-state index in [4.69, 9.17) is 0 Å². The molecule has 0 spiro atoms. The monoisotopic (exact) mass is 300 g/mol. The van der Waals surface area contributed by atoms with Crippen LogP contribution >= 0.6 is 23.7 Å². The maximum absolute atomic E-state index is 10.1. The number of thioether (sulfide) groups is 1. The minimum atomic E-state index is -2.40. The molecule has 0 radical (unpaired) electrons. The Morgan fingerprint density at radius 3 is 3.12 bits per heavy atom. The smallest absolute Gasteiger partial charge is 1.00 e. The zero-order valence-electron chi connectivity index (χ0n) is 10.3. The van der Waals surface area contributed by atoms with E-state index in [1.54, 1.807) is 23.7 Å². The first-order valence-electron chi connectivity index (χ1n) is 4.62. The van der Waals surface area contributed by atoms with Crippen molar-refractivity contribution in [2.75, 3.05) is 22.5 Å². The van der Waals surface area contributed by atoms with Gasteiger partial charge in [-0.3, -0.25) is 4.18 Å². The summed E-state index contributed by atoms with van der Waals surface area (Å²) in [6.45, 7) is 0.212. The number of hydrogen-bond acceptors (Lipinski definition) is 6. The molecule has 0 aliphatic carbocycles. The minimum Gasteiger partial charge on any atom is -1.00 e. The van der Waals surface area contributed by atoms with Crippen molar-refractivity contribution in [2.45, 2.75) is 4.90 Å². The van der Waals surface area contributed by atoms with Crippen LogP contribution in [-0.2, 0) is 15.5 Å². The van der Waals surface area contributed by atoms with Crippen LogP contribution in [0.1, 0.15) is 1.43 Å². The van der Waals surface area contributed by atoms with Crippen molar-refractivity contribution < 1.29 is 43.9 Å². The summed E-state index contributed by atoms with van der Waals surface area (Å²) >= 11 is 0.965. The van der Waals surface area contributed by atoms with Gasteiger partial charge in [-0.2, -0.15) is 0 Å². The van der Waals surface area contributed by atoms with Gasteiger partial charge in [0.05, 0.1) is 29.5 Å². The van der Waals surface area contributed by atoms with E-state index < -0.39 is 11.4 Å². The average molecular weight is 300 g/mol. The number of nitrogens with zero attached hydrogens (tertiary/aromatic N) is 1. The Kier molecular flexibility index (Phi) is 7.51. The SMILES string of the molecule is O=S([O-])OCCSN1CSc2ccccc21.[H-].[Na+]. The Morgan fingerprint density at radius 2 is 2.35 bits per heavy atom. The second-order valence-corrected chi connectivity index (χ2v) is 5.72. The normalized spacial score (nSPS) is 15.2. The molecule has 8 heteroatoms. The maximum atomic E-state index is 10.1. The molecule has 2 rings (SSSR count). The van der Waals surface area contributed by atoms with Crippen molar-refractivity contribution >= 4 is 40.8 Å². The molecule has 0 bridgehead atoms. The summed E-state index contributed by atoms with van der Waals surface area (Å²) in [5, 5.41) is 0. The van der Waals surface area contributed by atoms with E-state index in [2.05, 4.69) is 20.6 Å². The third-order valence-corrected chi connectivity index (χ3v) is 4.53. The fourth-order valence-electron chi connectivity index (χ4n) is 1.34. The fraction of sp³-hybridized carbons (Fsp3) is 0.333. The second-order valence-electron chi connectivity index (χ2n) is 2.98. The third kappa shape index (κ3) is 4.76. The molecule has 0 saturated carbocycles. The summed E-state index contributed by atoms with van der Waals surface area (Å²) in [6.07, 6.45) is 0. The topological polar surface area (TPSA) is 52.6 Å². The molecule has 1 unspecified atom stereocenters. The zero-order valence-corrected chi connectivity index (χ0v) is 13.8. The van der Waals surface area contributed by atoms with Gasteiger partial charge in [0.1, 0.15) is 0 Å². The first kappa shape index (κ1) is 15.8. The van der Waals surface area contributed by atoms with Gasteiger partial charge in [0.25, 0.3) is 0 Å². The Balaban J connectivity index is 0.00000144. The predicted molar refractivity (Wildman–Crippen MR) is 68.1 cm³/mol. The predicted octanol–water partition coefficient (Wildman–Crippen LogP) is -0.868. The first-order valence-corrected chi connectivity index (χ1v) is 7.55. The number of rotatable bonds is 5. The number of fused-ring (bicyclic) bond motifs is 1. The van der Waals surface area contributed by atoms with Gasteiger partial charge in [-0.25, -0.2) is 4.21 Å². The molecule has 1 aromatic rings.